The molecule has 0 unspecified atom stereocenters. The highest BCUT2D eigenvalue weighted by Crippen LogP contribution is 2.08. The van der Waals surface area contributed by atoms with Crippen molar-refractivity contribution in [3.63, 3.8) is 0 Å². The molecule has 0 aliphatic heterocycles. The van der Waals surface area contributed by atoms with Crippen molar-refractivity contribution in [1.29, 1.82) is 0 Å². The average molecular weight is 262 g/mol. The van der Waals surface area contributed by atoms with Crippen LogP contribution in [0.1, 0.15) is 16.1 Å². The summed E-state index contributed by atoms with van der Waals surface area (Å²) in [5.74, 6) is 0. The first-order valence-electron chi connectivity index (χ1n) is 5.36. The minimum atomic E-state index is 0.641. The highest BCUT2D eigenvalue weighted by atomic mass is 32.1. The van der Waals surface area contributed by atoms with Gasteiger partial charge < -0.3 is 4.57 Å². The summed E-state index contributed by atoms with van der Waals surface area (Å²) in [7, 11) is 2.02. The van der Waals surface area contributed by atoms with Crippen molar-refractivity contribution in [1.82, 2.24) is 4.57 Å². The van der Waals surface area contributed by atoms with Crippen molar-refractivity contribution in [2.24, 2.45) is 12.0 Å². The van der Waals surface area contributed by atoms with E-state index in [0.717, 1.165) is 10.4 Å². The van der Waals surface area contributed by atoms with E-state index in [4.69, 9.17) is 12.2 Å². The Hall–Kier alpha value is -1.26. The maximum Gasteiger partial charge on any atom is 0.190 e. The van der Waals surface area contributed by atoms with Crippen molar-refractivity contribution < 1.29 is 0 Å². The average Bonchev–Trinajstić information content (AvgIpc) is 2.58. The zero-order valence-corrected chi connectivity index (χ0v) is 11.7. The summed E-state index contributed by atoms with van der Waals surface area (Å²) in [6.07, 6.45) is 0. The topological polar surface area (TPSA) is 17.3 Å². The Balaban J connectivity index is 2.44. The molecule has 2 rings (SSSR count). The second-order valence-corrected chi connectivity index (χ2v) is 5.44. The molecule has 0 aliphatic carbocycles. The van der Waals surface area contributed by atoms with Gasteiger partial charge in [-0.25, -0.2) is 4.99 Å². The second kappa shape index (κ2) is 4.94. The Morgan fingerprint density at radius 2 is 1.88 bits per heavy atom. The van der Waals surface area contributed by atoms with Crippen molar-refractivity contribution in [2.75, 3.05) is 0 Å². The number of hydrogen-bond acceptors (Lipinski definition) is 2. The molecule has 0 spiro atoms. The lowest BCUT2D eigenvalue weighted by Crippen LogP contribution is -2.14. The smallest absolute Gasteiger partial charge is 0.190 e. The van der Waals surface area contributed by atoms with Crippen LogP contribution in [0.3, 0.4) is 0 Å². The summed E-state index contributed by atoms with van der Waals surface area (Å²) in [6.45, 7) is 4.20. The molecule has 1 aromatic carbocycles. The molecule has 0 aliphatic rings. The molecule has 2 aromatic rings. The van der Waals surface area contributed by atoms with Crippen molar-refractivity contribution in [2.45, 2.75) is 13.8 Å². The van der Waals surface area contributed by atoms with E-state index in [1.807, 2.05) is 37.4 Å². The number of thiocarbonyl (C=S) groups is 1. The molecule has 1 aromatic heterocycles. The van der Waals surface area contributed by atoms with Crippen LogP contribution < -0.4 is 4.80 Å². The molecule has 4 heteroatoms. The summed E-state index contributed by atoms with van der Waals surface area (Å²) < 4.78 is 2.08. The number of rotatable bonds is 1. The van der Waals surface area contributed by atoms with Crippen molar-refractivity contribution in [3.05, 3.63) is 51.3 Å². The van der Waals surface area contributed by atoms with Gasteiger partial charge in [-0.15, -0.1) is 11.3 Å². The van der Waals surface area contributed by atoms with Gasteiger partial charge in [0.15, 0.2) is 4.80 Å². The molecular weight excluding hydrogens is 248 g/mol. The molecule has 0 bridgehead atoms. The SMILES string of the molecule is Cc1sc(=NC(=S)c2ccccc2)n(C)c1C. The van der Waals surface area contributed by atoms with Crippen LogP contribution in [0.5, 0.6) is 0 Å². The first-order valence-corrected chi connectivity index (χ1v) is 6.59. The summed E-state index contributed by atoms with van der Waals surface area (Å²) in [5, 5.41) is 0. The summed E-state index contributed by atoms with van der Waals surface area (Å²) in [5.41, 5.74) is 2.23. The third-order valence-corrected chi connectivity index (χ3v) is 4.24. The Morgan fingerprint density at radius 3 is 2.41 bits per heavy atom. The van der Waals surface area contributed by atoms with Crippen LogP contribution >= 0.6 is 23.6 Å². The first-order chi connectivity index (χ1) is 8.09. The fourth-order valence-corrected chi connectivity index (χ4v) is 2.74. The first kappa shape index (κ1) is 12.2. The Labute approximate surface area is 110 Å². The van der Waals surface area contributed by atoms with Gasteiger partial charge in [-0.2, -0.15) is 0 Å². The van der Waals surface area contributed by atoms with Gasteiger partial charge in [0.1, 0.15) is 4.99 Å². The minimum absolute atomic E-state index is 0.641. The quantitative estimate of drug-likeness (QED) is 0.722. The second-order valence-electron chi connectivity index (χ2n) is 3.87. The number of hydrogen-bond donors (Lipinski definition) is 0. The van der Waals surface area contributed by atoms with Crippen molar-refractivity contribution >= 4 is 28.5 Å². The van der Waals surface area contributed by atoms with Gasteiger partial charge in [-0.3, -0.25) is 0 Å². The van der Waals surface area contributed by atoms with Gasteiger partial charge in [0.25, 0.3) is 0 Å². The highest BCUT2D eigenvalue weighted by Gasteiger charge is 2.03. The van der Waals surface area contributed by atoms with Gasteiger partial charge in [0.2, 0.25) is 0 Å². The van der Waals surface area contributed by atoms with Crippen LogP contribution in [0.4, 0.5) is 0 Å². The van der Waals surface area contributed by atoms with Crippen LogP contribution in [-0.2, 0) is 7.05 Å². The van der Waals surface area contributed by atoms with E-state index in [-0.39, 0.29) is 0 Å². The maximum absolute atomic E-state index is 5.34. The molecule has 0 amide bonds. The van der Waals surface area contributed by atoms with Crippen LogP contribution in [0.2, 0.25) is 0 Å². The Kier molecular flexibility index (Phi) is 3.54. The summed E-state index contributed by atoms with van der Waals surface area (Å²) in [6, 6.07) is 9.90. The van der Waals surface area contributed by atoms with E-state index in [1.165, 1.54) is 10.6 Å². The normalized spacial score (nSPS) is 11.8. The minimum Gasteiger partial charge on any atom is -0.324 e. The number of nitrogens with zero attached hydrogens (tertiary/aromatic N) is 2. The molecule has 0 atom stereocenters. The van der Waals surface area contributed by atoms with E-state index in [9.17, 15) is 0 Å². The molecule has 17 heavy (non-hydrogen) atoms. The third-order valence-electron chi connectivity index (χ3n) is 2.76. The zero-order chi connectivity index (χ0) is 12.4. The number of thiazole rings is 1. The number of aryl methyl sites for hydroxylation is 1. The predicted molar refractivity (Wildman–Crippen MR) is 76.5 cm³/mol. The Morgan fingerprint density at radius 1 is 1.24 bits per heavy atom. The molecule has 0 radical (unpaired) electrons. The lowest BCUT2D eigenvalue weighted by molar-refractivity contribution is 0.833. The van der Waals surface area contributed by atoms with Gasteiger partial charge >= 0.3 is 0 Å². The van der Waals surface area contributed by atoms with E-state index < -0.39 is 0 Å². The highest BCUT2D eigenvalue weighted by molar-refractivity contribution is 7.80. The van der Waals surface area contributed by atoms with Crippen LogP contribution in [0.25, 0.3) is 0 Å². The monoisotopic (exact) mass is 262 g/mol. The lowest BCUT2D eigenvalue weighted by atomic mass is 10.2. The van der Waals surface area contributed by atoms with Crippen LogP contribution in [0.15, 0.2) is 35.3 Å². The summed E-state index contributed by atoms with van der Waals surface area (Å²) >= 11 is 7.01. The van der Waals surface area contributed by atoms with Crippen LogP contribution in [0, 0.1) is 13.8 Å². The summed E-state index contributed by atoms with van der Waals surface area (Å²) in [4.78, 5) is 7.40. The van der Waals surface area contributed by atoms with E-state index in [1.54, 1.807) is 11.3 Å². The fraction of sp³-hybridized carbons (Fsp3) is 0.231. The standard InChI is InChI=1S/C13H14N2S2/c1-9-10(2)17-13(15(9)3)14-12(16)11-7-5-4-6-8-11/h4-8H,1-3H3. The maximum atomic E-state index is 5.34. The molecule has 0 saturated carbocycles. The van der Waals surface area contributed by atoms with Gasteiger partial charge in [-0.05, 0) is 13.8 Å². The number of benzene rings is 1. The predicted octanol–water partition coefficient (Wildman–Crippen LogP) is 2.98. The molecule has 2 nitrogen and oxygen atoms in total. The molecule has 1 heterocycles. The lowest BCUT2D eigenvalue weighted by Gasteiger charge is -1.98. The van der Waals surface area contributed by atoms with Gasteiger partial charge in [0.05, 0.1) is 0 Å². The van der Waals surface area contributed by atoms with Gasteiger partial charge in [0, 0.05) is 23.2 Å². The molecule has 0 N–H and O–H groups in total. The van der Waals surface area contributed by atoms with E-state index in [0.29, 0.717) is 4.99 Å². The number of aromatic nitrogens is 1. The van der Waals surface area contributed by atoms with Crippen LogP contribution in [-0.4, -0.2) is 9.56 Å². The molecule has 0 fully saturated rings. The molecular formula is C13H14N2S2. The zero-order valence-electron chi connectivity index (χ0n) is 10.1. The van der Waals surface area contributed by atoms with Gasteiger partial charge in [-0.1, -0.05) is 42.5 Å². The Bertz CT molecular complexity index is 606. The van der Waals surface area contributed by atoms with E-state index >= 15 is 0 Å². The third kappa shape index (κ3) is 2.53. The van der Waals surface area contributed by atoms with Crippen molar-refractivity contribution in [3.8, 4) is 0 Å². The largest absolute Gasteiger partial charge is 0.324 e. The molecule has 0 saturated heterocycles. The van der Waals surface area contributed by atoms with E-state index in [2.05, 4.69) is 23.4 Å². The fourth-order valence-electron chi connectivity index (χ4n) is 1.49. The molecule has 88 valence electrons.